The molecule has 1 aliphatic heterocycles. The fourth-order valence-electron chi connectivity index (χ4n) is 3.81. The van der Waals surface area contributed by atoms with Gasteiger partial charge in [-0.1, -0.05) is 17.7 Å². The van der Waals surface area contributed by atoms with Crippen LogP contribution in [0.1, 0.15) is 37.6 Å². The zero-order valence-electron chi connectivity index (χ0n) is 17.6. The third-order valence-electron chi connectivity index (χ3n) is 5.98. The van der Waals surface area contributed by atoms with Crippen molar-refractivity contribution in [2.75, 3.05) is 0 Å². The number of rotatable bonds is 3. The van der Waals surface area contributed by atoms with Crippen LogP contribution in [-0.4, -0.2) is 34.5 Å². The van der Waals surface area contributed by atoms with E-state index >= 15 is 4.39 Å². The summed E-state index contributed by atoms with van der Waals surface area (Å²) in [5.41, 5.74) is 3.03. The largest absolute Gasteiger partial charge is 0.386 e. The van der Waals surface area contributed by atoms with Crippen LogP contribution in [0.2, 0.25) is 5.02 Å². The molecule has 0 bridgehead atoms. The van der Waals surface area contributed by atoms with E-state index in [1.54, 1.807) is 18.3 Å². The average molecular weight is 479 g/mol. The highest BCUT2D eigenvalue weighted by atomic mass is 35.5. The maximum absolute atomic E-state index is 15.4. The lowest BCUT2D eigenvalue weighted by Crippen LogP contribution is -2.58. The average Bonchev–Trinajstić information content (AvgIpc) is 2.73. The quantitative estimate of drug-likeness (QED) is 0.611. The summed E-state index contributed by atoms with van der Waals surface area (Å²) in [7, 11) is -4.39. The molecular weight excluding hydrogens is 458 g/mol. The second-order valence-corrected chi connectivity index (χ2v) is 11.5. The molecule has 2 atom stereocenters. The van der Waals surface area contributed by atoms with E-state index in [-0.39, 0.29) is 17.8 Å². The third kappa shape index (κ3) is 3.34. The number of alkyl halides is 1. The summed E-state index contributed by atoms with van der Waals surface area (Å²) >= 11 is 6.01. The Bertz CT molecular complexity index is 1380. The van der Waals surface area contributed by atoms with E-state index in [1.807, 2.05) is 0 Å². The molecule has 0 saturated heterocycles. The Kier molecular flexibility index (Phi) is 5.25. The highest BCUT2D eigenvalue weighted by molar-refractivity contribution is 7.94. The van der Waals surface area contributed by atoms with Crippen molar-refractivity contribution in [2.45, 2.75) is 43.0 Å². The molecule has 32 heavy (non-hydrogen) atoms. The van der Waals surface area contributed by atoms with E-state index in [2.05, 4.69) is 15.0 Å². The number of hydrogen-bond donors (Lipinski definition) is 1. The second kappa shape index (κ2) is 7.45. The summed E-state index contributed by atoms with van der Waals surface area (Å²) in [6, 6.07) is 7.62. The van der Waals surface area contributed by atoms with Gasteiger partial charge in [0.2, 0.25) is 5.50 Å². The van der Waals surface area contributed by atoms with Gasteiger partial charge in [-0.15, -0.1) is 0 Å². The number of fused-ring (bicyclic) bond motifs is 1. The van der Waals surface area contributed by atoms with Crippen LogP contribution < -0.4 is 5.73 Å². The molecule has 3 heterocycles. The molecule has 2 N–H and O–H groups in total. The number of hydrogen-bond acceptors (Lipinski definition) is 6. The smallest absolute Gasteiger partial charge is 0.230 e. The van der Waals surface area contributed by atoms with E-state index in [0.717, 1.165) is 11.5 Å². The third-order valence-corrected chi connectivity index (χ3v) is 8.83. The first-order valence-electron chi connectivity index (χ1n) is 9.79. The highest BCUT2D eigenvalue weighted by Gasteiger charge is 2.57. The van der Waals surface area contributed by atoms with Crippen LogP contribution in [0.5, 0.6) is 0 Å². The van der Waals surface area contributed by atoms with Gasteiger partial charge in [0.15, 0.2) is 9.84 Å². The number of halogens is 3. The van der Waals surface area contributed by atoms with Gasteiger partial charge in [-0.2, -0.15) is 0 Å². The number of amidine groups is 1. The van der Waals surface area contributed by atoms with Crippen molar-refractivity contribution in [2.24, 2.45) is 10.7 Å². The van der Waals surface area contributed by atoms with E-state index in [9.17, 15) is 12.8 Å². The minimum atomic E-state index is -4.39. The van der Waals surface area contributed by atoms with Crippen molar-refractivity contribution in [3.05, 3.63) is 70.4 Å². The Morgan fingerprint density at radius 1 is 1.16 bits per heavy atom. The topological polar surface area (TPSA) is 98.3 Å². The minimum Gasteiger partial charge on any atom is -0.386 e. The molecular formula is C22H21ClF2N4O2S. The monoisotopic (exact) mass is 478 g/mol. The Balaban J connectivity index is 1.82. The number of sulfone groups is 1. The van der Waals surface area contributed by atoms with Crippen molar-refractivity contribution in [3.63, 3.8) is 0 Å². The molecule has 0 fully saturated rings. The van der Waals surface area contributed by atoms with Gasteiger partial charge in [-0.3, -0.25) is 15.0 Å². The van der Waals surface area contributed by atoms with Gasteiger partial charge in [0.05, 0.1) is 16.2 Å². The van der Waals surface area contributed by atoms with Crippen LogP contribution in [0.4, 0.5) is 8.78 Å². The molecule has 0 amide bonds. The molecule has 168 valence electrons. The van der Waals surface area contributed by atoms with Gasteiger partial charge in [-0.05, 0) is 50.6 Å². The van der Waals surface area contributed by atoms with Crippen molar-refractivity contribution in [1.29, 1.82) is 0 Å². The predicted molar refractivity (Wildman–Crippen MR) is 121 cm³/mol. The molecule has 0 saturated carbocycles. The Hall–Kier alpha value is -2.65. The maximum Gasteiger partial charge on any atom is 0.230 e. The molecule has 0 unspecified atom stereocenters. The van der Waals surface area contributed by atoms with Crippen LogP contribution in [-0.2, 0) is 21.8 Å². The molecule has 0 aliphatic carbocycles. The summed E-state index contributed by atoms with van der Waals surface area (Å²) in [6.45, 7) is 3.80. The summed E-state index contributed by atoms with van der Waals surface area (Å²) < 4.78 is 54.2. The fraction of sp³-hybridized carbons (Fsp3) is 0.318. The number of pyridine rings is 2. The van der Waals surface area contributed by atoms with Crippen molar-refractivity contribution in [1.82, 2.24) is 9.97 Å². The van der Waals surface area contributed by atoms with E-state index < -0.39 is 31.4 Å². The van der Waals surface area contributed by atoms with Gasteiger partial charge in [0, 0.05) is 29.8 Å². The second-order valence-electron chi connectivity index (χ2n) is 8.49. The lowest BCUT2D eigenvalue weighted by atomic mass is 9.90. The summed E-state index contributed by atoms with van der Waals surface area (Å²) in [5, 5.41) is 1.27. The normalized spacial score (nSPS) is 24.3. The lowest BCUT2D eigenvalue weighted by Gasteiger charge is -2.40. The number of aliphatic imine (C=N–C) groups is 1. The predicted octanol–water partition coefficient (Wildman–Crippen LogP) is 4.09. The SMILES string of the molecule is CC1(C)C(N)=N[C@](C)(c2cc(Cc3nccc4cc(Cl)cnc34)ccc2F)[C@@H](F)S1(=O)=O. The highest BCUT2D eigenvalue weighted by Crippen LogP contribution is 2.44. The number of benzene rings is 1. The molecule has 4 rings (SSSR count). The number of nitrogens with two attached hydrogens (primary N) is 1. The van der Waals surface area contributed by atoms with E-state index in [4.69, 9.17) is 17.3 Å². The Morgan fingerprint density at radius 2 is 1.88 bits per heavy atom. The molecule has 0 radical (unpaired) electrons. The lowest BCUT2D eigenvalue weighted by molar-refractivity contribution is 0.267. The summed E-state index contributed by atoms with van der Waals surface area (Å²) in [5.74, 6) is -1.04. The number of nitrogens with zero attached hydrogens (tertiary/aromatic N) is 3. The molecule has 2 aromatic heterocycles. The summed E-state index contributed by atoms with van der Waals surface area (Å²) in [4.78, 5) is 12.8. The Labute approximate surface area is 189 Å². The van der Waals surface area contributed by atoms with E-state index in [1.165, 1.54) is 39.1 Å². The molecule has 1 aromatic carbocycles. The van der Waals surface area contributed by atoms with Crippen LogP contribution >= 0.6 is 11.6 Å². The Morgan fingerprint density at radius 3 is 2.59 bits per heavy atom. The van der Waals surface area contributed by atoms with Gasteiger partial charge in [-0.25, -0.2) is 17.2 Å². The molecule has 10 heteroatoms. The standard InChI is InChI=1S/C22H21ClF2N4O2S/c1-21(2)20(26)29-22(3,19(25)32(21,30)31)15-8-12(4-5-16(15)24)9-17-18-13(6-7-27-17)10-14(23)11-28-18/h4-8,10-11,19H,9H2,1-3H3,(H2,26,29)/t19-,22+/m0/s1. The van der Waals surface area contributed by atoms with Crippen LogP contribution in [0.25, 0.3) is 10.9 Å². The maximum atomic E-state index is 15.4. The fourth-order valence-corrected chi connectivity index (χ4v) is 5.61. The van der Waals surface area contributed by atoms with Gasteiger partial charge in [0.1, 0.15) is 21.9 Å². The first-order valence-corrected chi connectivity index (χ1v) is 11.7. The molecule has 3 aromatic rings. The zero-order chi connectivity index (χ0) is 23.5. The number of aromatic nitrogens is 2. The van der Waals surface area contributed by atoms with Crippen LogP contribution in [0.3, 0.4) is 0 Å². The van der Waals surface area contributed by atoms with E-state index in [0.29, 0.717) is 21.8 Å². The first-order chi connectivity index (χ1) is 14.9. The summed E-state index contributed by atoms with van der Waals surface area (Å²) in [6.07, 6.45) is 3.37. The first kappa shape index (κ1) is 22.5. The minimum absolute atomic E-state index is 0.194. The van der Waals surface area contributed by atoms with Crippen LogP contribution in [0, 0.1) is 5.82 Å². The molecule has 6 nitrogen and oxygen atoms in total. The van der Waals surface area contributed by atoms with Crippen molar-refractivity contribution < 1.29 is 17.2 Å². The zero-order valence-corrected chi connectivity index (χ0v) is 19.2. The van der Waals surface area contributed by atoms with Crippen molar-refractivity contribution >= 4 is 38.2 Å². The van der Waals surface area contributed by atoms with Gasteiger partial charge < -0.3 is 5.73 Å². The molecule has 0 spiro atoms. The van der Waals surface area contributed by atoms with Gasteiger partial charge >= 0.3 is 0 Å². The van der Waals surface area contributed by atoms with Gasteiger partial charge in [0.25, 0.3) is 0 Å². The van der Waals surface area contributed by atoms with Crippen molar-refractivity contribution in [3.8, 4) is 0 Å². The van der Waals surface area contributed by atoms with Crippen LogP contribution in [0.15, 0.2) is 47.7 Å². The molecule has 1 aliphatic rings.